The SMILES string of the molecule is c1ccc(-c2cccc(-c3ccc(-c4cccc(-c5cccc(-c6nc(-c7ccccc7)nc(-c7ccccc7)n6)c5)c4)c4c3oc3ccccc34)c2)cc1. The predicted molar refractivity (Wildman–Crippen MR) is 225 cm³/mol. The van der Waals surface area contributed by atoms with Crippen molar-refractivity contribution in [3.05, 3.63) is 200 Å². The van der Waals surface area contributed by atoms with Gasteiger partial charge in [0, 0.05) is 33.0 Å². The summed E-state index contributed by atoms with van der Waals surface area (Å²) in [5.74, 6) is 1.91. The Kier molecular flexibility index (Phi) is 8.12. The van der Waals surface area contributed by atoms with Gasteiger partial charge in [0.05, 0.1) is 0 Å². The molecule has 2 aromatic heterocycles. The van der Waals surface area contributed by atoms with Crippen molar-refractivity contribution in [1.29, 1.82) is 0 Å². The molecule has 0 aliphatic heterocycles. The molecule has 0 bridgehead atoms. The van der Waals surface area contributed by atoms with E-state index < -0.39 is 0 Å². The van der Waals surface area contributed by atoms with Gasteiger partial charge in [-0.3, -0.25) is 0 Å². The standard InChI is InChI=1S/C51H33N3O/c1-4-15-34(16-5-1)37-21-12-25-41(31-37)44-30-29-43(47-45-27-10-11-28-46(45)55-48(44)47)40-24-13-22-38(32-40)39-23-14-26-42(33-39)51-53-49(35-17-6-2-7-18-35)52-50(54-51)36-19-8-3-9-20-36/h1-33H. The summed E-state index contributed by atoms with van der Waals surface area (Å²) in [5.41, 5.74) is 13.5. The molecule has 0 fully saturated rings. The van der Waals surface area contributed by atoms with Crippen molar-refractivity contribution in [2.45, 2.75) is 0 Å². The monoisotopic (exact) mass is 703 g/mol. The summed E-state index contributed by atoms with van der Waals surface area (Å²) in [4.78, 5) is 14.8. The van der Waals surface area contributed by atoms with Crippen LogP contribution >= 0.6 is 0 Å². The second-order valence-corrected chi connectivity index (χ2v) is 13.6. The van der Waals surface area contributed by atoms with Crippen LogP contribution in [0.4, 0.5) is 0 Å². The minimum Gasteiger partial charge on any atom is -0.455 e. The summed E-state index contributed by atoms with van der Waals surface area (Å²) in [6, 6.07) is 69.3. The molecular formula is C51H33N3O. The zero-order valence-electron chi connectivity index (χ0n) is 29.8. The Balaban J connectivity index is 1.07. The van der Waals surface area contributed by atoms with Crippen LogP contribution in [0.25, 0.3) is 101 Å². The van der Waals surface area contributed by atoms with E-state index in [0.717, 1.165) is 72.0 Å². The van der Waals surface area contributed by atoms with Crippen LogP contribution in [0.5, 0.6) is 0 Å². The molecule has 0 atom stereocenters. The third kappa shape index (κ3) is 6.16. The largest absolute Gasteiger partial charge is 0.455 e. The molecule has 0 aliphatic rings. The number of hydrogen-bond acceptors (Lipinski definition) is 4. The lowest BCUT2D eigenvalue weighted by Gasteiger charge is -2.12. The van der Waals surface area contributed by atoms with Gasteiger partial charge in [-0.2, -0.15) is 0 Å². The topological polar surface area (TPSA) is 51.8 Å². The van der Waals surface area contributed by atoms with Gasteiger partial charge in [0.2, 0.25) is 0 Å². The zero-order chi connectivity index (χ0) is 36.6. The molecule has 0 N–H and O–H groups in total. The summed E-state index contributed by atoms with van der Waals surface area (Å²) in [6.45, 7) is 0. The van der Waals surface area contributed by atoms with E-state index in [1.165, 1.54) is 11.1 Å². The fraction of sp³-hybridized carbons (Fsp3) is 0. The third-order valence-electron chi connectivity index (χ3n) is 10.1. The molecule has 0 radical (unpaired) electrons. The van der Waals surface area contributed by atoms with Crippen LogP contribution in [0.15, 0.2) is 205 Å². The van der Waals surface area contributed by atoms with E-state index in [9.17, 15) is 0 Å². The minimum atomic E-state index is 0.629. The Morgan fingerprint density at radius 1 is 0.291 bits per heavy atom. The second-order valence-electron chi connectivity index (χ2n) is 13.6. The minimum absolute atomic E-state index is 0.629. The van der Waals surface area contributed by atoms with Crippen LogP contribution in [0.2, 0.25) is 0 Å². The lowest BCUT2D eigenvalue weighted by atomic mass is 9.92. The zero-order valence-corrected chi connectivity index (χ0v) is 29.8. The molecular weight excluding hydrogens is 671 g/mol. The number of hydrogen-bond donors (Lipinski definition) is 0. The molecule has 55 heavy (non-hydrogen) atoms. The Hall–Kier alpha value is -7.43. The first-order valence-corrected chi connectivity index (χ1v) is 18.4. The molecule has 10 rings (SSSR count). The molecule has 0 amide bonds. The van der Waals surface area contributed by atoms with Gasteiger partial charge in [-0.05, 0) is 69.3 Å². The molecule has 4 heteroatoms. The highest BCUT2D eigenvalue weighted by Gasteiger charge is 2.18. The normalized spacial score (nSPS) is 11.3. The van der Waals surface area contributed by atoms with Gasteiger partial charge in [-0.25, -0.2) is 15.0 Å². The molecule has 2 heterocycles. The highest BCUT2D eigenvalue weighted by molar-refractivity contribution is 6.16. The van der Waals surface area contributed by atoms with Crippen LogP contribution in [0, 0.1) is 0 Å². The van der Waals surface area contributed by atoms with Crippen molar-refractivity contribution in [3.8, 4) is 78.7 Å². The van der Waals surface area contributed by atoms with Crippen LogP contribution in [-0.2, 0) is 0 Å². The van der Waals surface area contributed by atoms with Gasteiger partial charge in [-0.1, -0.05) is 170 Å². The van der Waals surface area contributed by atoms with Crippen LogP contribution < -0.4 is 0 Å². The average molecular weight is 704 g/mol. The molecule has 10 aromatic rings. The van der Waals surface area contributed by atoms with Gasteiger partial charge in [0.25, 0.3) is 0 Å². The van der Waals surface area contributed by atoms with Crippen LogP contribution in [-0.4, -0.2) is 15.0 Å². The number of nitrogens with zero attached hydrogens (tertiary/aromatic N) is 3. The highest BCUT2D eigenvalue weighted by atomic mass is 16.3. The summed E-state index contributed by atoms with van der Waals surface area (Å²) < 4.78 is 6.69. The van der Waals surface area contributed by atoms with E-state index in [0.29, 0.717) is 17.5 Å². The lowest BCUT2D eigenvalue weighted by Crippen LogP contribution is -2.00. The Labute approximate surface area is 319 Å². The molecule has 0 aliphatic carbocycles. The van der Waals surface area contributed by atoms with Crippen molar-refractivity contribution in [2.75, 3.05) is 0 Å². The first kappa shape index (κ1) is 32.2. The molecule has 0 saturated carbocycles. The van der Waals surface area contributed by atoms with Crippen LogP contribution in [0.1, 0.15) is 0 Å². The average Bonchev–Trinajstić information content (AvgIpc) is 3.67. The molecule has 8 aromatic carbocycles. The van der Waals surface area contributed by atoms with E-state index in [4.69, 9.17) is 19.4 Å². The van der Waals surface area contributed by atoms with E-state index in [-0.39, 0.29) is 0 Å². The number of para-hydroxylation sites is 1. The summed E-state index contributed by atoms with van der Waals surface area (Å²) in [5, 5.41) is 2.20. The molecule has 4 nitrogen and oxygen atoms in total. The molecule has 258 valence electrons. The second kappa shape index (κ2) is 13.8. The number of fused-ring (bicyclic) bond motifs is 3. The fourth-order valence-electron chi connectivity index (χ4n) is 7.43. The van der Waals surface area contributed by atoms with Gasteiger partial charge in [0.1, 0.15) is 11.2 Å². The van der Waals surface area contributed by atoms with Crippen molar-refractivity contribution in [3.63, 3.8) is 0 Å². The maximum Gasteiger partial charge on any atom is 0.164 e. The smallest absolute Gasteiger partial charge is 0.164 e. The first-order valence-electron chi connectivity index (χ1n) is 18.4. The van der Waals surface area contributed by atoms with Crippen molar-refractivity contribution < 1.29 is 4.42 Å². The Morgan fingerprint density at radius 3 is 1.29 bits per heavy atom. The van der Waals surface area contributed by atoms with E-state index >= 15 is 0 Å². The first-order chi connectivity index (χ1) is 27.2. The maximum atomic E-state index is 6.69. The van der Waals surface area contributed by atoms with Gasteiger partial charge in [-0.15, -0.1) is 0 Å². The highest BCUT2D eigenvalue weighted by Crippen LogP contribution is 2.43. The Morgan fingerprint density at radius 2 is 0.691 bits per heavy atom. The van der Waals surface area contributed by atoms with Crippen LogP contribution in [0.3, 0.4) is 0 Å². The Bertz CT molecular complexity index is 2910. The summed E-state index contributed by atoms with van der Waals surface area (Å²) >= 11 is 0. The molecule has 0 saturated heterocycles. The number of benzene rings is 8. The summed E-state index contributed by atoms with van der Waals surface area (Å²) in [7, 11) is 0. The maximum absolute atomic E-state index is 6.69. The van der Waals surface area contributed by atoms with E-state index in [2.05, 4.69) is 127 Å². The number of rotatable bonds is 7. The van der Waals surface area contributed by atoms with Gasteiger partial charge >= 0.3 is 0 Å². The third-order valence-corrected chi connectivity index (χ3v) is 10.1. The molecule has 0 spiro atoms. The van der Waals surface area contributed by atoms with E-state index in [1.807, 2.05) is 72.8 Å². The van der Waals surface area contributed by atoms with Gasteiger partial charge < -0.3 is 4.42 Å². The van der Waals surface area contributed by atoms with Crippen molar-refractivity contribution >= 4 is 21.9 Å². The van der Waals surface area contributed by atoms with E-state index in [1.54, 1.807) is 0 Å². The molecule has 0 unspecified atom stereocenters. The lowest BCUT2D eigenvalue weighted by molar-refractivity contribution is 0.670. The number of furan rings is 1. The number of aromatic nitrogens is 3. The quantitative estimate of drug-likeness (QED) is 0.166. The van der Waals surface area contributed by atoms with Crippen molar-refractivity contribution in [1.82, 2.24) is 15.0 Å². The predicted octanol–water partition coefficient (Wildman–Crippen LogP) is 13.4. The fourth-order valence-corrected chi connectivity index (χ4v) is 7.43. The van der Waals surface area contributed by atoms with Gasteiger partial charge in [0.15, 0.2) is 17.5 Å². The summed E-state index contributed by atoms with van der Waals surface area (Å²) in [6.07, 6.45) is 0. The van der Waals surface area contributed by atoms with Crippen molar-refractivity contribution in [2.24, 2.45) is 0 Å².